The molecule has 0 amide bonds. The summed E-state index contributed by atoms with van der Waals surface area (Å²) in [6.45, 7) is 5.30. The van der Waals surface area contributed by atoms with E-state index in [-0.39, 0.29) is 0 Å². The molecule has 1 aromatic rings. The zero-order valence-corrected chi connectivity index (χ0v) is 10.7. The van der Waals surface area contributed by atoms with Gasteiger partial charge in [-0.3, -0.25) is 0 Å². The summed E-state index contributed by atoms with van der Waals surface area (Å²) in [5.41, 5.74) is 2.85. The van der Waals surface area contributed by atoms with Crippen LogP contribution in [0.15, 0.2) is 24.3 Å². The van der Waals surface area contributed by atoms with Crippen LogP contribution in [0.25, 0.3) is 0 Å². The van der Waals surface area contributed by atoms with Crippen molar-refractivity contribution in [2.75, 3.05) is 19.7 Å². The van der Waals surface area contributed by atoms with Gasteiger partial charge in [0.15, 0.2) is 0 Å². The molecule has 0 spiro atoms. The lowest BCUT2D eigenvalue weighted by atomic mass is 10.1. The molecule has 94 valence electrons. The van der Waals surface area contributed by atoms with Crippen LogP contribution in [0.5, 0.6) is 0 Å². The average Bonchev–Trinajstić information content (AvgIpc) is 2.84. The monoisotopic (exact) mass is 233 g/mol. The molecule has 2 heteroatoms. The fraction of sp³-hybridized carbons (Fsp3) is 0.600. The third kappa shape index (κ3) is 4.14. The molecule has 2 nitrogen and oxygen atoms in total. The van der Waals surface area contributed by atoms with E-state index in [0.717, 1.165) is 32.5 Å². The summed E-state index contributed by atoms with van der Waals surface area (Å²) in [6.07, 6.45) is 5.29. The first kappa shape index (κ1) is 12.6. The van der Waals surface area contributed by atoms with Crippen molar-refractivity contribution in [3.05, 3.63) is 35.4 Å². The van der Waals surface area contributed by atoms with Crippen LogP contribution in [-0.2, 0) is 11.2 Å². The van der Waals surface area contributed by atoms with E-state index in [0.29, 0.717) is 6.10 Å². The Morgan fingerprint density at radius 3 is 2.94 bits per heavy atom. The molecule has 0 bridgehead atoms. The zero-order chi connectivity index (χ0) is 11.9. The molecule has 1 aromatic carbocycles. The van der Waals surface area contributed by atoms with Gasteiger partial charge < -0.3 is 10.1 Å². The smallest absolute Gasteiger partial charge is 0.0588 e. The molecular weight excluding hydrogens is 210 g/mol. The Balaban J connectivity index is 1.58. The van der Waals surface area contributed by atoms with E-state index in [1.807, 2.05) is 0 Å². The number of ether oxygens (including phenoxy) is 1. The molecule has 1 heterocycles. The minimum Gasteiger partial charge on any atom is -0.378 e. The molecule has 0 aliphatic carbocycles. The number of hydrogen-bond donors (Lipinski definition) is 1. The summed E-state index contributed by atoms with van der Waals surface area (Å²) in [5.74, 6) is 0. The lowest BCUT2D eigenvalue weighted by Crippen LogP contribution is -2.22. The summed E-state index contributed by atoms with van der Waals surface area (Å²) in [4.78, 5) is 0. The summed E-state index contributed by atoms with van der Waals surface area (Å²) >= 11 is 0. The van der Waals surface area contributed by atoms with E-state index in [2.05, 4.69) is 36.5 Å². The molecule has 0 saturated carbocycles. The van der Waals surface area contributed by atoms with Crippen molar-refractivity contribution in [2.45, 2.75) is 38.7 Å². The first-order valence-corrected chi connectivity index (χ1v) is 6.73. The maximum atomic E-state index is 5.60. The van der Waals surface area contributed by atoms with Gasteiger partial charge in [-0.05, 0) is 56.8 Å². The number of nitrogens with one attached hydrogen (secondary N) is 1. The third-order valence-corrected chi connectivity index (χ3v) is 3.50. The zero-order valence-electron chi connectivity index (χ0n) is 10.7. The number of aryl methyl sites for hydroxylation is 1. The van der Waals surface area contributed by atoms with Gasteiger partial charge >= 0.3 is 0 Å². The van der Waals surface area contributed by atoms with Gasteiger partial charge in [0.05, 0.1) is 6.10 Å². The quantitative estimate of drug-likeness (QED) is 0.763. The average molecular weight is 233 g/mol. The highest BCUT2D eigenvalue weighted by Gasteiger charge is 2.14. The molecule has 0 aromatic heterocycles. The summed E-state index contributed by atoms with van der Waals surface area (Å²) in [5, 5.41) is 3.51. The van der Waals surface area contributed by atoms with Gasteiger partial charge in [0.1, 0.15) is 0 Å². The van der Waals surface area contributed by atoms with Crippen molar-refractivity contribution < 1.29 is 4.74 Å². The van der Waals surface area contributed by atoms with Crippen molar-refractivity contribution in [2.24, 2.45) is 0 Å². The number of benzene rings is 1. The fourth-order valence-electron chi connectivity index (χ4n) is 2.37. The van der Waals surface area contributed by atoms with Crippen molar-refractivity contribution >= 4 is 0 Å². The standard InChI is InChI=1S/C15H23NO/c1-13-5-2-3-6-14(13)8-10-16-11-9-15-7-4-12-17-15/h2-3,5-6,15-16H,4,7-12H2,1H3. The Labute approximate surface area is 104 Å². The Morgan fingerprint density at radius 2 is 2.18 bits per heavy atom. The van der Waals surface area contributed by atoms with Gasteiger partial charge in [-0.2, -0.15) is 0 Å². The first-order chi connectivity index (χ1) is 8.36. The molecule has 2 rings (SSSR count). The molecule has 1 aliphatic heterocycles. The van der Waals surface area contributed by atoms with E-state index in [1.165, 1.54) is 24.0 Å². The van der Waals surface area contributed by atoms with Crippen LogP contribution in [0.1, 0.15) is 30.4 Å². The third-order valence-electron chi connectivity index (χ3n) is 3.50. The van der Waals surface area contributed by atoms with Gasteiger partial charge in [0.25, 0.3) is 0 Å². The SMILES string of the molecule is Cc1ccccc1CCNCCC1CCCO1. The Bertz CT molecular complexity index is 331. The van der Waals surface area contributed by atoms with Crippen LogP contribution >= 0.6 is 0 Å². The highest BCUT2D eigenvalue weighted by Crippen LogP contribution is 2.14. The van der Waals surface area contributed by atoms with Crippen molar-refractivity contribution in [3.8, 4) is 0 Å². The van der Waals surface area contributed by atoms with Crippen LogP contribution in [0.2, 0.25) is 0 Å². The minimum atomic E-state index is 0.515. The largest absolute Gasteiger partial charge is 0.378 e. The molecular formula is C15H23NO. The molecule has 1 unspecified atom stereocenters. The van der Waals surface area contributed by atoms with E-state index in [4.69, 9.17) is 4.74 Å². The van der Waals surface area contributed by atoms with Gasteiger partial charge in [-0.15, -0.1) is 0 Å². The highest BCUT2D eigenvalue weighted by molar-refractivity contribution is 5.25. The summed E-state index contributed by atoms with van der Waals surface area (Å²) < 4.78 is 5.60. The van der Waals surface area contributed by atoms with Crippen molar-refractivity contribution in [1.82, 2.24) is 5.32 Å². The molecule has 0 radical (unpaired) electrons. The van der Waals surface area contributed by atoms with Gasteiger partial charge in [-0.25, -0.2) is 0 Å². The minimum absolute atomic E-state index is 0.515. The second-order valence-electron chi connectivity index (χ2n) is 4.85. The lowest BCUT2D eigenvalue weighted by molar-refractivity contribution is 0.104. The predicted molar refractivity (Wildman–Crippen MR) is 71.3 cm³/mol. The van der Waals surface area contributed by atoms with E-state index >= 15 is 0 Å². The Morgan fingerprint density at radius 1 is 1.29 bits per heavy atom. The second kappa shape index (κ2) is 6.77. The summed E-state index contributed by atoms with van der Waals surface area (Å²) in [6, 6.07) is 8.62. The molecule has 1 fully saturated rings. The maximum Gasteiger partial charge on any atom is 0.0588 e. The summed E-state index contributed by atoms with van der Waals surface area (Å²) in [7, 11) is 0. The van der Waals surface area contributed by atoms with Crippen molar-refractivity contribution in [3.63, 3.8) is 0 Å². The molecule has 1 saturated heterocycles. The predicted octanol–water partition coefficient (Wildman–Crippen LogP) is 2.70. The molecule has 1 atom stereocenters. The molecule has 1 N–H and O–H groups in total. The van der Waals surface area contributed by atoms with Crippen molar-refractivity contribution in [1.29, 1.82) is 0 Å². The number of hydrogen-bond acceptors (Lipinski definition) is 2. The van der Waals surface area contributed by atoms with Gasteiger partial charge in [0.2, 0.25) is 0 Å². The molecule has 1 aliphatic rings. The second-order valence-corrected chi connectivity index (χ2v) is 4.85. The Kier molecular flexibility index (Phi) is 5.02. The normalized spacial score (nSPS) is 19.7. The Hall–Kier alpha value is -0.860. The maximum absolute atomic E-state index is 5.60. The number of rotatable bonds is 6. The topological polar surface area (TPSA) is 21.3 Å². The molecule has 17 heavy (non-hydrogen) atoms. The highest BCUT2D eigenvalue weighted by atomic mass is 16.5. The van der Waals surface area contributed by atoms with E-state index in [9.17, 15) is 0 Å². The van der Waals surface area contributed by atoms with Crippen LogP contribution < -0.4 is 5.32 Å². The van der Waals surface area contributed by atoms with E-state index in [1.54, 1.807) is 0 Å². The van der Waals surface area contributed by atoms with Crippen LogP contribution in [0.4, 0.5) is 0 Å². The first-order valence-electron chi connectivity index (χ1n) is 6.73. The van der Waals surface area contributed by atoms with Crippen LogP contribution in [0.3, 0.4) is 0 Å². The van der Waals surface area contributed by atoms with E-state index < -0.39 is 0 Å². The van der Waals surface area contributed by atoms with Gasteiger partial charge in [0, 0.05) is 6.61 Å². The lowest BCUT2D eigenvalue weighted by Gasteiger charge is -2.10. The van der Waals surface area contributed by atoms with Crippen LogP contribution in [0, 0.1) is 6.92 Å². The van der Waals surface area contributed by atoms with Crippen LogP contribution in [-0.4, -0.2) is 25.8 Å². The fourth-order valence-corrected chi connectivity index (χ4v) is 2.37. The van der Waals surface area contributed by atoms with Gasteiger partial charge in [-0.1, -0.05) is 24.3 Å².